The standard InChI is InChI=1S/C14H21N3O2S2/c1-11-10-12(4-5-13(11)14(15)20)21(18,19)17-7-3-6-16(2)8-9-17/h4-5,10H,3,6-9H2,1-2H3,(H2,15,20). The Morgan fingerprint density at radius 2 is 1.95 bits per heavy atom. The van der Waals surface area contributed by atoms with E-state index in [1.54, 1.807) is 22.5 Å². The maximum Gasteiger partial charge on any atom is 0.243 e. The van der Waals surface area contributed by atoms with Crippen molar-refractivity contribution in [3.63, 3.8) is 0 Å². The molecule has 2 N–H and O–H groups in total. The van der Waals surface area contributed by atoms with Gasteiger partial charge in [-0.15, -0.1) is 0 Å². The molecule has 0 aliphatic carbocycles. The average molecular weight is 327 g/mol. The summed E-state index contributed by atoms with van der Waals surface area (Å²) < 4.78 is 27.0. The predicted molar refractivity (Wildman–Crippen MR) is 87.9 cm³/mol. The van der Waals surface area contributed by atoms with Gasteiger partial charge in [0.15, 0.2) is 0 Å². The molecule has 1 fully saturated rings. The van der Waals surface area contributed by atoms with E-state index in [0.29, 0.717) is 18.0 Å². The molecule has 0 radical (unpaired) electrons. The Morgan fingerprint density at radius 3 is 2.57 bits per heavy atom. The molecule has 7 heteroatoms. The Bertz CT molecular complexity index is 644. The number of nitrogens with zero attached hydrogens (tertiary/aromatic N) is 2. The molecule has 1 aliphatic heterocycles. The summed E-state index contributed by atoms with van der Waals surface area (Å²) in [5.74, 6) is 0. The summed E-state index contributed by atoms with van der Waals surface area (Å²) in [4.78, 5) is 2.74. The highest BCUT2D eigenvalue weighted by molar-refractivity contribution is 7.89. The van der Waals surface area contributed by atoms with E-state index in [-0.39, 0.29) is 4.99 Å². The number of hydrogen-bond acceptors (Lipinski definition) is 4. The largest absolute Gasteiger partial charge is 0.389 e. The van der Waals surface area contributed by atoms with Crippen LogP contribution in [0.1, 0.15) is 17.5 Å². The molecule has 0 atom stereocenters. The number of aryl methyl sites for hydroxylation is 1. The van der Waals surface area contributed by atoms with Gasteiger partial charge in [0.1, 0.15) is 4.99 Å². The Labute approximate surface area is 131 Å². The normalized spacial score (nSPS) is 18.4. The molecule has 0 unspecified atom stereocenters. The van der Waals surface area contributed by atoms with Crippen molar-refractivity contribution in [2.45, 2.75) is 18.2 Å². The zero-order chi connectivity index (χ0) is 15.6. The summed E-state index contributed by atoms with van der Waals surface area (Å²) >= 11 is 4.95. The first-order chi connectivity index (χ1) is 9.82. The van der Waals surface area contributed by atoms with Crippen LogP contribution in [0, 0.1) is 6.92 Å². The summed E-state index contributed by atoms with van der Waals surface area (Å²) in [6.45, 7) is 4.58. The molecular formula is C14H21N3O2S2. The van der Waals surface area contributed by atoms with E-state index < -0.39 is 10.0 Å². The lowest BCUT2D eigenvalue weighted by atomic mass is 10.1. The molecule has 1 saturated heterocycles. The molecule has 0 bridgehead atoms. The molecule has 1 heterocycles. The number of likely N-dealkylation sites (N-methyl/N-ethyl adjacent to an activating group) is 1. The predicted octanol–water partition coefficient (Wildman–Crippen LogP) is 0.955. The molecular weight excluding hydrogens is 306 g/mol. The molecule has 0 aromatic heterocycles. The highest BCUT2D eigenvalue weighted by atomic mass is 32.2. The highest BCUT2D eigenvalue weighted by Crippen LogP contribution is 2.20. The van der Waals surface area contributed by atoms with E-state index in [0.717, 1.165) is 30.6 Å². The van der Waals surface area contributed by atoms with Gasteiger partial charge in [-0.05, 0) is 44.6 Å². The quantitative estimate of drug-likeness (QED) is 0.838. The van der Waals surface area contributed by atoms with Crippen molar-refractivity contribution in [3.8, 4) is 0 Å². The molecule has 1 aliphatic rings. The number of hydrogen-bond donors (Lipinski definition) is 1. The maximum atomic E-state index is 12.7. The van der Waals surface area contributed by atoms with Crippen molar-refractivity contribution in [1.29, 1.82) is 0 Å². The lowest BCUT2D eigenvalue weighted by Crippen LogP contribution is -2.34. The molecule has 1 aromatic carbocycles. The Hall–Kier alpha value is -1.02. The second-order valence-corrected chi connectivity index (χ2v) is 7.78. The summed E-state index contributed by atoms with van der Waals surface area (Å²) in [7, 11) is -1.44. The Kier molecular flexibility index (Phi) is 4.98. The minimum absolute atomic E-state index is 0.285. The second kappa shape index (κ2) is 6.39. The SMILES string of the molecule is Cc1cc(S(=O)(=O)N2CCCN(C)CC2)ccc1C(N)=S. The van der Waals surface area contributed by atoms with Crippen molar-refractivity contribution >= 4 is 27.2 Å². The second-order valence-electron chi connectivity index (χ2n) is 5.40. The Balaban J connectivity index is 2.31. The van der Waals surface area contributed by atoms with E-state index in [1.807, 2.05) is 14.0 Å². The van der Waals surface area contributed by atoms with Gasteiger partial charge in [0.2, 0.25) is 10.0 Å². The zero-order valence-electron chi connectivity index (χ0n) is 12.4. The summed E-state index contributed by atoms with van der Waals surface area (Å²) in [5, 5.41) is 0. The summed E-state index contributed by atoms with van der Waals surface area (Å²) in [6.07, 6.45) is 0.847. The first kappa shape index (κ1) is 16.4. The van der Waals surface area contributed by atoms with Gasteiger partial charge in [-0.3, -0.25) is 0 Å². The van der Waals surface area contributed by atoms with Crippen LogP contribution in [0.15, 0.2) is 23.1 Å². The van der Waals surface area contributed by atoms with E-state index in [4.69, 9.17) is 18.0 Å². The third kappa shape index (κ3) is 3.60. The van der Waals surface area contributed by atoms with Crippen molar-refractivity contribution in [2.24, 2.45) is 5.73 Å². The Morgan fingerprint density at radius 1 is 1.24 bits per heavy atom. The number of nitrogens with two attached hydrogens (primary N) is 1. The van der Waals surface area contributed by atoms with Crippen molar-refractivity contribution < 1.29 is 8.42 Å². The van der Waals surface area contributed by atoms with Crippen LogP contribution in [0.5, 0.6) is 0 Å². The van der Waals surface area contributed by atoms with Crippen LogP contribution in [0.3, 0.4) is 0 Å². The van der Waals surface area contributed by atoms with E-state index in [2.05, 4.69) is 4.90 Å². The van der Waals surface area contributed by atoms with Gasteiger partial charge in [-0.25, -0.2) is 8.42 Å². The van der Waals surface area contributed by atoms with Crippen LogP contribution < -0.4 is 5.73 Å². The molecule has 0 spiro atoms. The molecule has 0 amide bonds. The molecule has 21 heavy (non-hydrogen) atoms. The number of rotatable bonds is 3. The van der Waals surface area contributed by atoms with Gasteiger partial charge in [0.25, 0.3) is 0 Å². The lowest BCUT2D eigenvalue weighted by Gasteiger charge is -2.20. The van der Waals surface area contributed by atoms with Gasteiger partial charge < -0.3 is 10.6 Å². The monoisotopic (exact) mass is 327 g/mol. The molecule has 116 valence electrons. The van der Waals surface area contributed by atoms with Crippen molar-refractivity contribution in [2.75, 3.05) is 33.2 Å². The van der Waals surface area contributed by atoms with Crippen LogP contribution in [0.2, 0.25) is 0 Å². The molecule has 0 saturated carbocycles. The smallest absolute Gasteiger partial charge is 0.243 e. The minimum atomic E-state index is -3.45. The average Bonchev–Trinajstić information content (AvgIpc) is 2.63. The third-order valence-corrected chi connectivity index (χ3v) is 5.89. The fraction of sp³-hybridized carbons (Fsp3) is 0.500. The number of thiocarbonyl (C=S) groups is 1. The van der Waals surface area contributed by atoms with E-state index >= 15 is 0 Å². The molecule has 1 aromatic rings. The minimum Gasteiger partial charge on any atom is -0.389 e. The number of sulfonamides is 1. The highest BCUT2D eigenvalue weighted by Gasteiger charge is 2.26. The topological polar surface area (TPSA) is 66.6 Å². The third-order valence-electron chi connectivity index (χ3n) is 3.78. The lowest BCUT2D eigenvalue weighted by molar-refractivity contribution is 0.347. The van der Waals surface area contributed by atoms with Gasteiger partial charge in [-0.2, -0.15) is 4.31 Å². The fourth-order valence-electron chi connectivity index (χ4n) is 2.49. The van der Waals surface area contributed by atoms with E-state index in [1.165, 1.54) is 0 Å². The molecule has 5 nitrogen and oxygen atoms in total. The van der Waals surface area contributed by atoms with Crippen LogP contribution in [0.4, 0.5) is 0 Å². The van der Waals surface area contributed by atoms with Crippen molar-refractivity contribution in [1.82, 2.24) is 9.21 Å². The van der Waals surface area contributed by atoms with Crippen LogP contribution in [-0.2, 0) is 10.0 Å². The fourth-order valence-corrected chi connectivity index (χ4v) is 4.27. The first-order valence-corrected chi connectivity index (χ1v) is 8.76. The first-order valence-electron chi connectivity index (χ1n) is 6.91. The van der Waals surface area contributed by atoms with Crippen LogP contribution in [0.25, 0.3) is 0 Å². The summed E-state index contributed by atoms with van der Waals surface area (Å²) in [5.41, 5.74) is 7.13. The zero-order valence-corrected chi connectivity index (χ0v) is 14.0. The summed E-state index contributed by atoms with van der Waals surface area (Å²) in [6, 6.07) is 4.93. The van der Waals surface area contributed by atoms with Gasteiger partial charge in [0.05, 0.1) is 4.90 Å². The molecule has 2 rings (SSSR count). The van der Waals surface area contributed by atoms with Gasteiger partial charge in [-0.1, -0.05) is 18.3 Å². The van der Waals surface area contributed by atoms with Gasteiger partial charge >= 0.3 is 0 Å². The maximum absolute atomic E-state index is 12.7. The van der Waals surface area contributed by atoms with E-state index in [9.17, 15) is 8.42 Å². The van der Waals surface area contributed by atoms with Gasteiger partial charge in [0, 0.05) is 25.2 Å². The van der Waals surface area contributed by atoms with Crippen molar-refractivity contribution in [3.05, 3.63) is 29.3 Å². The number of benzene rings is 1. The van der Waals surface area contributed by atoms with Crippen LogP contribution in [-0.4, -0.2) is 55.8 Å². The van der Waals surface area contributed by atoms with Crippen LogP contribution >= 0.6 is 12.2 Å².